The van der Waals surface area contributed by atoms with Crippen LogP contribution in [0.25, 0.3) is 0 Å². The average Bonchev–Trinajstić information content (AvgIpc) is 2.85. The second kappa shape index (κ2) is 6.23. The van der Waals surface area contributed by atoms with Crippen LogP contribution in [0.1, 0.15) is 24.2 Å². The lowest BCUT2D eigenvalue weighted by molar-refractivity contribution is 0.540. The molecule has 0 saturated heterocycles. The largest absolute Gasteiger partial charge is 0.309 e. The van der Waals surface area contributed by atoms with Crippen LogP contribution in [0.15, 0.2) is 34.9 Å². The van der Waals surface area contributed by atoms with Crippen molar-refractivity contribution in [2.75, 3.05) is 6.54 Å². The predicted octanol–water partition coefficient (Wildman–Crippen LogP) is 3.19. The van der Waals surface area contributed by atoms with E-state index in [1.54, 1.807) is 0 Å². The van der Waals surface area contributed by atoms with Gasteiger partial charge >= 0.3 is 0 Å². The van der Waals surface area contributed by atoms with Gasteiger partial charge in [-0.3, -0.25) is 0 Å². The van der Waals surface area contributed by atoms with E-state index >= 15 is 0 Å². The summed E-state index contributed by atoms with van der Waals surface area (Å²) in [5, 5.41) is 3.44. The van der Waals surface area contributed by atoms with Crippen LogP contribution in [0.5, 0.6) is 0 Å². The first-order valence-electron chi connectivity index (χ1n) is 5.55. The topological polar surface area (TPSA) is 37.8 Å². The number of hydrogen-bond acceptors (Lipinski definition) is 4. The highest BCUT2D eigenvalue weighted by Crippen LogP contribution is 2.18. The van der Waals surface area contributed by atoms with Gasteiger partial charge in [-0.15, -0.1) is 0 Å². The molecule has 2 rings (SSSR count). The minimum absolute atomic E-state index is 0.250. The lowest BCUT2D eigenvalue weighted by Gasteiger charge is -2.15. The summed E-state index contributed by atoms with van der Waals surface area (Å²) in [7, 11) is 0. The third-order valence-corrected chi connectivity index (χ3v) is 3.56. The van der Waals surface area contributed by atoms with Crippen LogP contribution in [0.2, 0.25) is 0 Å². The Hall–Kier alpha value is -0.780. The van der Waals surface area contributed by atoms with Gasteiger partial charge in [-0.2, -0.15) is 8.75 Å². The van der Waals surface area contributed by atoms with Crippen molar-refractivity contribution in [2.24, 2.45) is 0 Å². The maximum atomic E-state index is 4.31. The fourth-order valence-electron chi connectivity index (χ4n) is 1.71. The first-order valence-corrected chi connectivity index (χ1v) is 7.07. The highest BCUT2D eigenvalue weighted by atomic mass is 79.9. The quantitative estimate of drug-likeness (QED) is 0.921. The maximum absolute atomic E-state index is 4.31. The van der Waals surface area contributed by atoms with Crippen LogP contribution >= 0.6 is 27.7 Å². The molecule has 1 aromatic heterocycles. The van der Waals surface area contributed by atoms with Crippen molar-refractivity contribution in [1.29, 1.82) is 0 Å². The molecule has 0 radical (unpaired) electrons. The second-order valence-electron chi connectivity index (χ2n) is 3.77. The van der Waals surface area contributed by atoms with Crippen LogP contribution in [0, 0.1) is 0 Å². The van der Waals surface area contributed by atoms with Crippen molar-refractivity contribution in [1.82, 2.24) is 14.1 Å². The molecular weight excluding hydrogens is 298 g/mol. The number of aromatic nitrogens is 2. The Balaban J connectivity index is 2.10. The van der Waals surface area contributed by atoms with Crippen molar-refractivity contribution in [3.05, 3.63) is 46.2 Å². The van der Waals surface area contributed by atoms with Crippen molar-refractivity contribution in [3.8, 4) is 0 Å². The Morgan fingerprint density at radius 3 is 2.71 bits per heavy atom. The summed E-state index contributed by atoms with van der Waals surface area (Å²) in [4.78, 5) is 0. The molecule has 0 bridgehead atoms. The van der Waals surface area contributed by atoms with Crippen molar-refractivity contribution < 1.29 is 0 Å². The molecule has 1 N–H and O–H groups in total. The third-order valence-electron chi connectivity index (χ3n) is 2.54. The normalized spacial score (nSPS) is 12.6. The average molecular weight is 312 g/mol. The number of nitrogens with one attached hydrogen (secondary N) is 1. The summed E-state index contributed by atoms with van der Waals surface area (Å²) in [5.74, 6) is 0. The first kappa shape index (κ1) is 12.7. The molecule has 0 aliphatic carbocycles. The summed E-state index contributed by atoms with van der Waals surface area (Å²) < 4.78 is 9.48. The molecule has 1 atom stereocenters. The molecule has 90 valence electrons. The number of hydrogen-bond donors (Lipinski definition) is 1. The zero-order valence-corrected chi connectivity index (χ0v) is 12.0. The first-order chi connectivity index (χ1) is 8.29. The Morgan fingerprint density at radius 2 is 2.12 bits per heavy atom. The molecule has 0 spiro atoms. The number of nitrogens with zero attached hydrogens (tertiary/aromatic N) is 2. The number of rotatable bonds is 5. The van der Waals surface area contributed by atoms with E-state index in [-0.39, 0.29) is 6.04 Å². The van der Waals surface area contributed by atoms with E-state index in [9.17, 15) is 0 Å². The monoisotopic (exact) mass is 311 g/mol. The number of halogens is 1. The Bertz CT molecular complexity index is 441. The van der Waals surface area contributed by atoms with Crippen LogP contribution in [0.4, 0.5) is 0 Å². The second-order valence-corrected chi connectivity index (χ2v) is 5.25. The fraction of sp³-hybridized carbons (Fsp3) is 0.333. The predicted molar refractivity (Wildman–Crippen MR) is 74.2 cm³/mol. The molecule has 0 aliphatic rings. The molecule has 0 saturated carbocycles. The van der Waals surface area contributed by atoms with E-state index < -0.39 is 0 Å². The van der Waals surface area contributed by atoms with E-state index in [2.05, 4.69) is 61.2 Å². The van der Waals surface area contributed by atoms with Crippen molar-refractivity contribution in [2.45, 2.75) is 19.4 Å². The highest BCUT2D eigenvalue weighted by Gasteiger charge is 2.13. The maximum Gasteiger partial charge on any atom is 0.0915 e. The van der Waals surface area contributed by atoms with Gasteiger partial charge in [0.25, 0.3) is 0 Å². The lowest BCUT2D eigenvalue weighted by atomic mass is 10.0. The lowest BCUT2D eigenvalue weighted by Crippen LogP contribution is -2.23. The molecule has 0 fully saturated rings. The molecule has 17 heavy (non-hydrogen) atoms. The molecule has 0 amide bonds. The van der Waals surface area contributed by atoms with Gasteiger partial charge in [-0.1, -0.05) is 35.0 Å². The number of likely N-dealkylation sites (N-methyl/N-ethyl adjacent to an activating group) is 1. The zero-order chi connectivity index (χ0) is 12.1. The minimum atomic E-state index is 0.250. The molecule has 5 heteroatoms. The van der Waals surface area contributed by atoms with Crippen LogP contribution in [-0.2, 0) is 6.42 Å². The minimum Gasteiger partial charge on any atom is -0.309 e. The Kier molecular flexibility index (Phi) is 4.65. The van der Waals surface area contributed by atoms with Crippen molar-refractivity contribution in [3.63, 3.8) is 0 Å². The summed E-state index contributed by atoms with van der Waals surface area (Å²) in [6.07, 6.45) is 2.78. The summed E-state index contributed by atoms with van der Waals surface area (Å²) in [5.41, 5.74) is 2.33. The Labute approximate surface area is 114 Å². The van der Waals surface area contributed by atoms with Gasteiger partial charge in [0.15, 0.2) is 0 Å². The van der Waals surface area contributed by atoms with Gasteiger partial charge in [0.2, 0.25) is 0 Å². The summed E-state index contributed by atoms with van der Waals surface area (Å²) >= 11 is 4.70. The van der Waals surface area contributed by atoms with E-state index in [4.69, 9.17) is 0 Å². The van der Waals surface area contributed by atoms with Crippen LogP contribution in [-0.4, -0.2) is 15.3 Å². The molecule has 1 heterocycles. The zero-order valence-electron chi connectivity index (χ0n) is 9.56. The molecule has 1 unspecified atom stereocenters. The van der Waals surface area contributed by atoms with Gasteiger partial charge in [0.1, 0.15) is 0 Å². The smallest absolute Gasteiger partial charge is 0.0915 e. The molecule has 1 aromatic carbocycles. The third kappa shape index (κ3) is 3.59. The SMILES string of the molecule is CCNC(Cc1ccc(Br)cc1)c1cnsn1. The fourth-order valence-corrected chi connectivity index (χ4v) is 2.44. The van der Waals surface area contributed by atoms with E-state index in [1.807, 2.05) is 6.20 Å². The van der Waals surface area contributed by atoms with Gasteiger partial charge in [-0.05, 0) is 30.7 Å². The van der Waals surface area contributed by atoms with E-state index in [1.165, 1.54) is 17.3 Å². The molecular formula is C12H14BrN3S. The van der Waals surface area contributed by atoms with Crippen LogP contribution in [0.3, 0.4) is 0 Å². The summed E-state index contributed by atoms with van der Waals surface area (Å²) in [6.45, 7) is 3.03. The molecule has 2 aromatic rings. The van der Waals surface area contributed by atoms with Crippen LogP contribution < -0.4 is 5.32 Å². The standard InChI is InChI=1S/C12H14BrN3S/c1-2-14-11(12-8-15-17-16-12)7-9-3-5-10(13)6-4-9/h3-6,8,11,14H,2,7H2,1H3. The number of benzene rings is 1. The van der Waals surface area contributed by atoms with Gasteiger partial charge in [0.05, 0.1) is 29.7 Å². The van der Waals surface area contributed by atoms with E-state index in [0.29, 0.717) is 0 Å². The summed E-state index contributed by atoms with van der Waals surface area (Å²) in [6, 6.07) is 8.65. The van der Waals surface area contributed by atoms with Gasteiger partial charge in [-0.25, -0.2) is 0 Å². The van der Waals surface area contributed by atoms with Gasteiger partial charge < -0.3 is 5.32 Å². The van der Waals surface area contributed by atoms with Crippen molar-refractivity contribution >= 4 is 27.7 Å². The molecule has 3 nitrogen and oxygen atoms in total. The van der Waals surface area contributed by atoms with Gasteiger partial charge in [0, 0.05) is 4.47 Å². The van der Waals surface area contributed by atoms with E-state index in [0.717, 1.165) is 23.1 Å². The molecule has 0 aliphatic heterocycles. The Morgan fingerprint density at radius 1 is 1.35 bits per heavy atom. The highest BCUT2D eigenvalue weighted by molar-refractivity contribution is 9.10.